The Kier molecular flexibility index (Phi) is 10.4. The van der Waals surface area contributed by atoms with Crippen LogP contribution in [-0.4, -0.2) is 52.2 Å². The Labute approximate surface area is 231 Å². The molecule has 2 aromatic carbocycles. The minimum atomic E-state index is -1.21. The molecule has 0 fully saturated rings. The largest absolute Gasteiger partial charge is 0.508 e. The molecule has 39 heavy (non-hydrogen) atoms. The number of carbonyl (C=O) groups excluding carboxylic acids is 3. The second-order valence-corrected chi connectivity index (χ2v) is 11.9. The normalized spacial score (nSPS) is 13.3. The van der Waals surface area contributed by atoms with Crippen molar-refractivity contribution in [2.75, 3.05) is 12.4 Å². The Morgan fingerprint density at radius 2 is 1.54 bits per heavy atom. The summed E-state index contributed by atoms with van der Waals surface area (Å²) in [6.45, 7) is 14.5. The number of carbonyl (C=O) groups is 3. The van der Waals surface area contributed by atoms with E-state index in [2.05, 4.69) is 10.6 Å². The number of para-hydroxylation sites is 1. The van der Waals surface area contributed by atoms with Gasteiger partial charge in [0, 0.05) is 16.8 Å². The minimum Gasteiger partial charge on any atom is -0.508 e. The molecule has 0 aromatic heterocycles. The molecule has 9 heteroatoms. The van der Waals surface area contributed by atoms with E-state index in [1.807, 2.05) is 13.8 Å². The van der Waals surface area contributed by atoms with Crippen molar-refractivity contribution in [2.24, 2.45) is 5.92 Å². The zero-order valence-electron chi connectivity index (χ0n) is 24.5. The lowest BCUT2D eigenvalue weighted by Crippen LogP contribution is -2.58. The summed E-state index contributed by atoms with van der Waals surface area (Å²) in [5.41, 5.74) is -0.886. The van der Waals surface area contributed by atoms with Gasteiger partial charge >= 0.3 is 6.09 Å². The fourth-order valence-corrected chi connectivity index (χ4v) is 4.16. The minimum absolute atomic E-state index is 0.0485. The van der Waals surface area contributed by atoms with E-state index in [0.29, 0.717) is 17.9 Å². The predicted octanol–water partition coefficient (Wildman–Crippen LogP) is 5.65. The molecule has 0 spiro atoms. The first-order valence-corrected chi connectivity index (χ1v) is 13.1. The molecule has 0 saturated heterocycles. The van der Waals surface area contributed by atoms with E-state index in [9.17, 15) is 19.5 Å². The Morgan fingerprint density at radius 3 is 2.03 bits per heavy atom. The SMILES string of the molecule is COc1ccc(NC(=O)C(c2ccccc2O)N(C(=O)C(CC(C)C)NC(=O)OC(C)(C)C)C(C)(C)C)cc1. The van der Waals surface area contributed by atoms with E-state index < -0.39 is 41.1 Å². The van der Waals surface area contributed by atoms with Crippen molar-refractivity contribution in [3.63, 3.8) is 0 Å². The molecule has 0 aliphatic rings. The standard InChI is InChI=1S/C30H43N3O6/c1-19(2)18-23(32-28(37)39-30(6,7)8)27(36)33(29(3,4)5)25(22-12-10-11-13-24(22)34)26(35)31-20-14-16-21(38-9)17-15-20/h10-17,19,23,25,34H,18H2,1-9H3,(H,31,35)(H,32,37). The molecule has 2 aromatic rings. The molecule has 2 unspecified atom stereocenters. The average molecular weight is 542 g/mol. The van der Waals surface area contributed by atoms with Crippen LogP contribution >= 0.6 is 0 Å². The van der Waals surface area contributed by atoms with Crippen LogP contribution in [0.5, 0.6) is 11.5 Å². The monoisotopic (exact) mass is 541 g/mol. The molecule has 0 saturated carbocycles. The van der Waals surface area contributed by atoms with Gasteiger partial charge in [0.2, 0.25) is 5.91 Å². The summed E-state index contributed by atoms with van der Waals surface area (Å²) in [6, 6.07) is 11.0. The number of aromatic hydroxyl groups is 1. The fourth-order valence-electron chi connectivity index (χ4n) is 4.16. The molecule has 3 N–H and O–H groups in total. The second kappa shape index (κ2) is 12.9. The Bertz CT molecular complexity index is 1130. The molecule has 9 nitrogen and oxygen atoms in total. The van der Waals surface area contributed by atoms with Crippen LogP contribution in [0.1, 0.15) is 73.4 Å². The summed E-state index contributed by atoms with van der Waals surface area (Å²) in [4.78, 5) is 42.3. The molecule has 2 atom stereocenters. The van der Waals surface area contributed by atoms with E-state index in [1.54, 1.807) is 91.1 Å². The first-order chi connectivity index (χ1) is 18.0. The predicted molar refractivity (Wildman–Crippen MR) is 152 cm³/mol. The van der Waals surface area contributed by atoms with Gasteiger partial charge in [-0.1, -0.05) is 32.0 Å². The maximum Gasteiger partial charge on any atom is 0.408 e. The van der Waals surface area contributed by atoms with Gasteiger partial charge in [0.1, 0.15) is 29.2 Å². The number of rotatable bonds is 9. The highest BCUT2D eigenvalue weighted by molar-refractivity contribution is 5.99. The zero-order chi connectivity index (χ0) is 29.5. The molecular weight excluding hydrogens is 498 g/mol. The lowest BCUT2D eigenvalue weighted by atomic mass is 9.93. The van der Waals surface area contributed by atoms with Gasteiger partial charge < -0.3 is 30.1 Å². The van der Waals surface area contributed by atoms with Gasteiger partial charge in [0.15, 0.2) is 0 Å². The van der Waals surface area contributed by atoms with Gasteiger partial charge in [-0.3, -0.25) is 9.59 Å². The summed E-state index contributed by atoms with van der Waals surface area (Å²) in [5.74, 6) is -0.449. The average Bonchev–Trinajstić information content (AvgIpc) is 2.80. The maximum absolute atomic E-state index is 14.3. The van der Waals surface area contributed by atoms with Crippen molar-refractivity contribution in [3.8, 4) is 11.5 Å². The van der Waals surface area contributed by atoms with Crippen LogP contribution in [0.3, 0.4) is 0 Å². The molecular formula is C30H43N3O6. The first kappa shape index (κ1) is 31.5. The quantitative estimate of drug-likeness (QED) is 0.378. The van der Waals surface area contributed by atoms with E-state index in [4.69, 9.17) is 9.47 Å². The number of benzene rings is 2. The third kappa shape index (κ3) is 9.19. The number of phenols is 1. The maximum atomic E-state index is 14.3. The topological polar surface area (TPSA) is 117 Å². The smallest absolute Gasteiger partial charge is 0.408 e. The Morgan fingerprint density at radius 1 is 0.949 bits per heavy atom. The van der Waals surface area contributed by atoms with Crippen LogP contribution in [0.4, 0.5) is 10.5 Å². The van der Waals surface area contributed by atoms with Gasteiger partial charge in [-0.15, -0.1) is 0 Å². The number of hydrogen-bond acceptors (Lipinski definition) is 6. The Balaban J connectivity index is 2.58. The summed E-state index contributed by atoms with van der Waals surface area (Å²) in [5, 5.41) is 16.4. The van der Waals surface area contributed by atoms with Crippen LogP contribution in [-0.2, 0) is 14.3 Å². The molecule has 2 rings (SSSR count). The summed E-state index contributed by atoms with van der Waals surface area (Å²) >= 11 is 0. The number of hydrogen-bond donors (Lipinski definition) is 3. The van der Waals surface area contributed by atoms with Gasteiger partial charge in [0.25, 0.3) is 5.91 Å². The van der Waals surface area contributed by atoms with Crippen molar-refractivity contribution in [1.29, 1.82) is 0 Å². The number of nitrogens with one attached hydrogen (secondary N) is 2. The highest BCUT2D eigenvalue weighted by Crippen LogP contribution is 2.35. The van der Waals surface area contributed by atoms with Gasteiger partial charge in [-0.05, 0) is 84.2 Å². The van der Waals surface area contributed by atoms with E-state index in [1.165, 1.54) is 11.0 Å². The van der Waals surface area contributed by atoms with Gasteiger partial charge in [0.05, 0.1) is 7.11 Å². The molecule has 0 bridgehead atoms. The number of ether oxygens (including phenoxy) is 2. The summed E-state index contributed by atoms with van der Waals surface area (Å²) < 4.78 is 10.6. The third-order valence-electron chi connectivity index (χ3n) is 5.75. The first-order valence-electron chi connectivity index (χ1n) is 13.1. The van der Waals surface area contributed by atoms with Crippen molar-refractivity contribution in [3.05, 3.63) is 54.1 Å². The Hall–Kier alpha value is -3.75. The summed E-state index contributed by atoms with van der Waals surface area (Å²) in [6.07, 6.45) is -0.407. The van der Waals surface area contributed by atoms with Crippen LogP contribution in [0.25, 0.3) is 0 Å². The fraction of sp³-hybridized carbons (Fsp3) is 0.500. The molecule has 3 amide bonds. The molecule has 0 aliphatic carbocycles. The van der Waals surface area contributed by atoms with Crippen molar-refractivity contribution in [2.45, 2.75) is 85.0 Å². The van der Waals surface area contributed by atoms with Crippen LogP contribution in [0, 0.1) is 5.92 Å². The summed E-state index contributed by atoms with van der Waals surface area (Å²) in [7, 11) is 1.55. The third-order valence-corrected chi connectivity index (χ3v) is 5.75. The van der Waals surface area contributed by atoms with E-state index >= 15 is 0 Å². The van der Waals surface area contributed by atoms with Crippen molar-refractivity contribution in [1.82, 2.24) is 10.2 Å². The van der Waals surface area contributed by atoms with Gasteiger partial charge in [-0.25, -0.2) is 4.79 Å². The number of amides is 3. The van der Waals surface area contributed by atoms with Gasteiger partial charge in [-0.2, -0.15) is 0 Å². The molecule has 0 heterocycles. The van der Waals surface area contributed by atoms with Crippen LogP contribution < -0.4 is 15.4 Å². The molecule has 0 aliphatic heterocycles. The number of phenolic OH excluding ortho intramolecular Hbond substituents is 1. The molecule has 214 valence electrons. The van der Waals surface area contributed by atoms with E-state index in [-0.39, 0.29) is 17.2 Å². The lowest BCUT2D eigenvalue weighted by Gasteiger charge is -2.43. The van der Waals surface area contributed by atoms with Crippen LogP contribution in [0.15, 0.2) is 48.5 Å². The second-order valence-electron chi connectivity index (χ2n) is 11.9. The number of methoxy groups -OCH3 is 1. The van der Waals surface area contributed by atoms with Crippen molar-refractivity contribution < 1.29 is 29.0 Å². The highest BCUT2D eigenvalue weighted by atomic mass is 16.6. The number of nitrogens with zero attached hydrogens (tertiary/aromatic N) is 1. The van der Waals surface area contributed by atoms with Crippen molar-refractivity contribution >= 4 is 23.6 Å². The number of anilines is 1. The number of alkyl carbamates (subject to hydrolysis) is 1. The lowest BCUT2D eigenvalue weighted by molar-refractivity contribution is -0.147. The van der Waals surface area contributed by atoms with E-state index in [0.717, 1.165) is 0 Å². The zero-order valence-corrected chi connectivity index (χ0v) is 24.5. The molecule has 0 radical (unpaired) electrons. The van der Waals surface area contributed by atoms with Crippen LogP contribution in [0.2, 0.25) is 0 Å². The highest BCUT2D eigenvalue weighted by Gasteiger charge is 2.43.